The molecule has 0 heterocycles. The van der Waals surface area contributed by atoms with Gasteiger partial charge in [-0.1, -0.05) is 39.3 Å². The lowest BCUT2D eigenvalue weighted by atomic mass is 10.1. The highest BCUT2D eigenvalue weighted by Gasteiger charge is 2.37. The summed E-state index contributed by atoms with van der Waals surface area (Å²) in [6.45, 7) is 16.8. The molecule has 0 rings (SSSR count). The molecule has 0 aliphatic carbocycles. The summed E-state index contributed by atoms with van der Waals surface area (Å²) < 4.78 is 6.21. The fourth-order valence-electron chi connectivity index (χ4n) is 1.53. The number of aliphatic hydroxyl groups excluding tert-OH is 1. The van der Waals surface area contributed by atoms with Crippen LogP contribution in [-0.4, -0.2) is 26.6 Å². The zero-order valence-electron chi connectivity index (χ0n) is 13.3. The smallest absolute Gasteiger partial charge is 0.192 e. The number of rotatable bonds is 7. The first-order valence-electron chi connectivity index (χ1n) is 7.02. The Hall–Kier alpha value is -0.123. The maximum atomic E-state index is 8.80. The molecule has 0 unspecified atom stereocenters. The van der Waals surface area contributed by atoms with E-state index in [2.05, 4.69) is 53.8 Å². The first-order chi connectivity index (χ1) is 8.10. The zero-order chi connectivity index (χ0) is 14.4. The van der Waals surface area contributed by atoms with E-state index < -0.39 is 8.32 Å². The lowest BCUT2D eigenvalue weighted by Gasteiger charge is -2.36. The van der Waals surface area contributed by atoms with Crippen LogP contribution in [0, 0.1) is 5.92 Å². The highest BCUT2D eigenvalue weighted by molar-refractivity contribution is 6.74. The molecule has 3 heteroatoms. The average Bonchev–Trinajstić information content (AvgIpc) is 2.22. The Morgan fingerprint density at radius 3 is 2.33 bits per heavy atom. The van der Waals surface area contributed by atoms with Crippen LogP contribution in [0.4, 0.5) is 0 Å². The molecule has 108 valence electrons. The molecule has 0 saturated carbocycles. The third kappa shape index (κ3) is 6.71. The topological polar surface area (TPSA) is 29.5 Å². The zero-order valence-corrected chi connectivity index (χ0v) is 14.3. The predicted molar refractivity (Wildman–Crippen MR) is 82.4 cm³/mol. The summed E-state index contributed by atoms with van der Waals surface area (Å²) in [5, 5.41) is 9.08. The number of allylic oxidation sites excluding steroid dienone is 1. The van der Waals surface area contributed by atoms with E-state index in [-0.39, 0.29) is 11.6 Å². The molecule has 0 fully saturated rings. The molecule has 0 spiro atoms. The lowest BCUT2D eigenvalue weighted by Crippen LogP contribution is -2.41. The second-order valence-corrected chi connectivity index (χ2v) is 11.7. The summed E-state index contributed by atoms with van der Waals surface area (Å²) in [5.74, 6) is 0.456. The van der Waals surface area contributed by atoms with E-state index in [1.54, 1.807) is 0 Å². The molecule has 1 atom stereocenters. The minimum absolute atomic E-state index is 0.278. The van der Waals surface area contributed by atoms with Crippen LogP contribution in [0.15, 0.2) is 11.6 Å². The van der Waals surface area contributed by atoms with E-state index in [9.17, 15) is 0 Å². The molecule has 0 aliphatic rings. The van der Waals surface area contributed by atoms with E-state index in [1.807, 2.05) is 0 Å². The Morgan fingerprint density at radius 1 is 1.33 bits per heavy atom. The maximum absolute atomic E-state index is 8.80. The van der Waals surface area contributed by atoms with Crippen LogP contribution in [0.1, 0.15) is 47.5 Å². The molecule has 0 aromatic heterocycles. The highest BCUT2D eigenvalue weighted by atomic mass is 28.4. The van der Waals surface area contributed by atoms with Gasteiger partial charge >= 0.3 is 0 Å². The molecule has 18 heavy (non-hydrogen) atoms. The van der Waals surface area contributed by atoms with Gasteiger partial charge in [-0.05, 0) is 43.8 Å². The molecule has 0 radical (unpaired) electrons. The molecule has 0 aliphatic heterocycles. The fourth-order valence-corrected chi connectivity index (χ4v) is 2.64. The molecule has 0 bridgehead atoms. The van der Waals surface area contributed by atoms with Gasteiger partial charge in [-0.3, -0.25) is 0 Å². The van der Waals surface area contributed by atoms with Gasteiger partial charge in [0.1, 0.15) is 0 Å². The molecule has 0 saturated heterocycles. The summed E-state index contributed by atoms with van der Waals surface area (Å²) in [6, 6.07) is 0. The molecular weight excluding hydrogens is 240 g/mol. The molecule has 0 aromatic rings. The maximum Gasteiger partial charge on any atom is 0.192 e. The van der Waals surface area contributed by atoms with Crippen LogP contribution >= 0.6 is 0 Å². The van der Waals surface area contributed by atoms with Gasteiger partial charge in [-0.2, -0.15) is 0 Å². The molecule has 0 amide bonds. The Morgan fingerprint density at radius 2 is 1.89 bits per heavy atom. The Balaban J connectivity index is 4.22. The summed E-state index contributed by atoms with van der Waals surface area (Å²) in [7, 11) is -1.61. The van der Waals surface area contributed by atoms with Crippen LogP contribution in [-0.2, 0) is 4.43 Å². The Kier molecular flexibility index (Phi) is 7.41. The van der Waals surface area contributed by atoms with Crippen LogP contribution in [0.3, 0.4) is 0 Å². The van der Waals surface area contributed by atoms with Gasteiger partial charge in [0.25, 0.3) is 0 Å². The van der Waals surface area contributed by atoms with E-state index >= 15 is 0 Å². The second kappa shape index (κ2) is 7.46. The monoisotopic (exact) mass is 272 g/mol. The number of hydrogen-bond donors (Lipinski definition) is 1. The summed E-state index contributed by atoms with van der Waals surface area (Å²) >= 11 is 0. The number of aliphatic hydroxyl groups is 1. The third-order valence-electron chi connectivity index (χ3n) is 3.81. The quantitative estimate of drug-likeness (QED) is 0.551. The predicted octanol–water partition coefficient (Wildman–Crippen LogP) is 4.36. The van der Waals surface area contributed by atoms with Crippen LogP contribution < -0.4 is 0 Å². The second-order valence-electron chi connectivity index (χ2n) is 6.89. The first kappa shape index (κ1) is 17.9. The Bertz CT molecular complexity index is 264. The molecular formula is C15H32O2Si. The van der Waals surface area contributed by atoms with Crippen molar-refractivity contribution < 1.29 is 9.53 Å². The van der Waals surface area contributed by atoms with Crippen molar-refractivity contribution in [2.24, 2.45) is 5.92 Å². The summed E-state index contributed by atoms with van der Waals surface area (Å²) in [4.78, 5) is 0. The minimum Gasteiger partial charge on any atom is -0.416 e. The van der Waals surface area contributed by atoms with Crippen molar-refractivity contribution in [2.45, 2.75) is 65.6 Å². The van der Waals surface area contributed by atoms with Gasteiger partial charge in [0.05, 0.1) is 0 Å². The SMILES string of the molecule is C/C(=C\[C@@H](C)CO[Si](C)(C)C(C)(C)C)CCCO. The minimum atomic E-state index is -1.61. The van der Waals surface area contributed by atoms with Gasteiger partial charge in [0, 0.05) is 13.2 Å². The lowest BCUT2D eigenvalue weighted by molar-refractivity contribution is 0.258. The summed E-state index contributed by atoms with van der Waals surface area (Å²) in [5.41, 5.74) is 1.36. The van der Waals surface area contributed by atoms with Crippen molar-refractivity contribution >= 4 is 8.32 Å². The van der Waals surface area contributed by atoms with Gasteiger partial charge in [0.15, 0.2) is 8.32 Å². The molecule has 0 aromatic carbocycles. The van der Waals surface area contributed by atoms with Gasteiger partial charge < -0.3 is 9.53 Å². The Labute approximate surface area is 115 Å². The fraction of sp³-hybridized carbons (Fsp3) is 0.867. The standard InChI is InChI=1S/C15H32O2Si/c1-13(9-8-10-16)11-14(2)12-17-18(6,7)15(3,4)5/h11,14,16H,8-10,12H2,1-7H3/b13-11+/t14-/m1/s1. The number of hydrogen-bond acceptors (Lipinski definition) is 2. The van der Waals surface area contributed by atoms with Crippen molar-refractivity contribution in [3.8, 4) is 0 Å². The molecule has 2 nitrogen and oxygen atoms in total. The van der Waals surface area contributed by atoms with Gasteiger partial charge in [0.2, 0.25) is 0 Å². The van der Waals surface area contributed by atoms with Crippen molar-refractivity contribution in [3.63, 3.8) is 0 Å². The first-order valence-corrected chi connectivity index (χ1v) is 9.93. The van der Waals surface area contributed by atoms with Gasteiger partial charge in [-0.25, -0.2) is 0 Å². The largest absolute Gasteiger partial charge is 0.416 e. The van der Waals surface area contributed by atoms with Crippen molar-refractivity contribution in [1.82, 2.24) is 0 Å². The van der Waals surface area contributed by atoms with Crippen LogP contribution in [0.5, 0.6) is 0 Å². The van der Waals surface area contributed by atoms with E-state index in [0.29, 0.717) is 5.92 Å². The van der Waals surface area contributed by atoms with Crippen LogP contribution in [0.25, 0.3) is 0 Å². The van der Waals surface area contributed by atoms with Crippen LogP contribution in [0.2, 0.25) is 18.1 Å². The van der Waals surface area contributed by atoms with Crippen molar-refractivity contribution in [3.05, 3.63) is 11.6 Å². The van der Waals surface area contributed by atoms with E-state index in [4.69, 9.17) is 9.53 Å². The van der Waals surface area contributed by atoms with E-state index in [0.717, 1.165) is 19.4 Å². The molecule has 1 N–H and O–H groups in total. The third-order valence-corrected chi connectivity index (χ3v) is 8.31. The van der Waals surface area contributed by atoms with Gasteiger partial charge in [-0.15, -0.1) is 0 Å². The normalized spacial score (nSPS) is 15.9. The average molecular weight is 273 g/mol. The summed E-state index contributed by atoms with van der Waals surface area (Å²) in [6.07, 6.45) is 4.13. The highest BCUT2D eigenvalue weighted by Crippen LogP contribution is 2.36. The van der Waals surface area contributed by atoms with E-state index in [1.165, 1.54) is 5.57 Å². The van der Waals surface area contributed by atoms with Crippen molar-refractivity contribution in [2.75, 3.05) is 13.2 Å². The van der Waals surface area contributed by atoms with Crippen molar-refractivity contribution in [1.29, 1.82) is 0 Å².